The summed E-state index contributed by atoms with van der Waals surface area (Å²) in [5, 5.41) is 7.95. The molecule has 1 aliphatic heterocycles. The minimum Gasteiger partial charge on any atom is -0.316 e. The number of hydrogen-bond acceptors (Lipinski definition) is 4. The third-order valence-corrected chi connectivity index (χ3v) is 5.54. The molecular weight excluding hydrogens is 286 g/mol. The van der Waals surface area contributed by atoms with Gasteiger partial charge in [0.2, 0.25) is 0 Å². The van der Waals surface area contributed by atoms with Gasteiger partial charge in [-0.25, -0.2) is 8.42 Å². The van der Waals surface area contributed by atoms with E-state index in [1.807, 2.05) is 13.8 Å². The first kappa shape index (κ1) is 14.8. The first-order valence-electron chi connectivity index (χ1n) is 6.62. The highest BCUT2D eigenvalue weighted by atomic mass is 35.5. The van der Waals surface area contributed by atoms with E-state index in [0.717, 1.165) is 18.8 Å². The van der Waals surface area contributed by atoms with Crippen molar-refractivity contribution >= 4 is 21.4 Å². The first-order valence-corrected chi connectivity index (χ1v) is 8.82. The zero-order chi connectivity index (χ0) is 14.0. The molecule has 1 N–H and O–H groups in total. The Labute approximate surface area is 119 Å². The van der Waals surface area contributed by atoms with Crippen LogP contribution in [0.1, 0.15) is 25.2 Å². The molecule has 108 valence electrons. The molecule has 1 aromatic heterocycles. The summed E-state index contributed by atoms with van der Waals surface area (Å²) in [4.78, 5) is 0. The van der Waals surface area contributed by atoms with Crippen molar-refractivity contribution in [2.75, 3.05) is 18.8 Å². The fourth-order valence-electron chi connectivity index (χ4n) is 2.25. The fourth-order valence-corrected chi connectivity index (χ4v) is 4.44. The summed E-state index contributed by atoms with van der Waals surface area (Å²) in [6.45, 7) is 6.12. The summed E-state index contributed by atoms with van der Waals surface area (Å²) in [5.74, 6) is 0.461. The summed E-state index contributed by atoms with van der Waals surface area (Å²) in [6, 6.07) is 0. The van der Waals surface area contributed by atoms with Crippen molar-refractivity contribution in [2.24, 2.45) is 5.92 Å². The summed E-state index contributed by atoms with van der Waals surface area (Å²) in [7, 11) is -3.13. The molecular formula is C12H20ClN3O2S. The molecule has 0 radical (unpaired) electrons. The Morgan fingerprint density at radius 2 is 2.11 bits per heavy atom. The SMILES string of the molecule is CCc1nn(CC)c(CS(=O)(=O)CC2CNC2)c1Cl. The van der Waals surface area contributed by atoms with E-state index in [2.05, 4.69) is 10.4 Å². The van der Waals surface area contributed by atoms with E-state index in [0.29, 0.717) is 23.7 Å². The fraction of sp³-hybridized carbons (Fsp3) is 0.750. The van der Waals surface area contributed by atoms with E-state index in [1.165, 1.54) is 0 Å². The van der Waals surface area contributed by atoms with Crippen molar-refractivity contribution in [3.63, 3.8) is 0 Å². The maximum atomic E-state index is 12.2. The third-order valence-electron chi connectivity index (χ3n) is 3.41. The van der Waals surface area contributed by atoms with Gasteiger partial charge in [0, 0.05) is 19.6 Å². The third kappa shape index (κ3) is 3.30. The zero-order valence-electron chi connectivity index (χ0n) is 11.3. The lowest BCUT2D eigenvalue weighted by molar-refractivity contribution is 0.378. The molecule has 2 heterocycles. The molecule has 0 amide bonds. The lowest BCUT2D eigenvalue weighted by atomic mass is 10.1. The molecule has 1 aliphatic rings. The maximum Gasteiger partial charge on any atom is 0.156 e. The van der Waals surface area contributed by atoms with Crippen LogP contribution in [0.2, 0.25) is 5.02 Å². The second-order valence-electron chi connectivity index (χ2n) is 4.96. The van der Waals surface area contributed by atoms with E-state index >= 15 is 0 Å². The quantitative estimate of drug-likeness (QED) is 0.859. The van der Waals surface area contributed by atoms with Gasteiger partial charge in [0.1, 0.15) is 0 Å². The molecule has 0 unspecified atom stereocenters. The van der Waals surface area contributed by atoms with Crippen LogP contribution in [0.3, 0.4) is 0 Å². The number of hydrogen-bond donors (Lipinski definition) is 1. The molecule has 7 heteroatoms. The number of halogens is 1. The van der Waals surface area contributed by atoms with Gasteiger partial charge in [0.15, 0.2) is 9.84 Å². The van der Waals surface area contributed by atoms with Crippen LogP contribution >= 0.6 is 11.6 Å². The van der Waals surface area contributed by atoms with Gasteiger partial charge < -0.3 is 5.32 Å². The number of rotatable bonds is 6. The van der Waals surface area contributed by atoms with Gasteiger partial charge in [0.05, 0.1) is 27.9 Å². The summed E-state index contributed by atoms with van der Waals surface area (Å²) < 4.78 is 26.1. The van der Waals surface area contributed by atoms with E-state index < -0.39 is 9.84 Å². The van der Waals surface area contributed by atoms with Crippen molar-refractivity contribution in [3.05, 3.63) is 16.4 Å². The van der Waals surface area contributed by atoms with Gasteiger partial charge in [-0.1, -0.05) is 18.5 Å². The van der Waals surface area contributed by atoms with E-state index in [4.69, 9.17) is 11.6 Å². The average molecular weight is 306 g/mol. The number of nitrogens with one attached hydrogen (secondary N) is 1. The standard InChI is InChI=1S/C12H20ClN3O2S/c1-3-10-12(13)11(16(4-2)15-10)8-19(17,18)7-9-5-14-6-9/h9,14H,3-8H2,1-2H3. The molecule has 0 atom stereocenters. The van der Waals surface area contributed by atoms with Crippen LogP contribution in [0.25, 0.3) is 0 Å². The smallest absolute Gasteiger partial charge is 0.156 e. The predicted octanol–water partition coefficient (Wildman–Crippen LogP) is 1.25. The summed E-state index contributed by atoms with van der Waals surface area (Å²) in [5.41, 5.74) is 1.41. The van der Waals surface area contributed by atoms with Gasteiger partial charge in [-0.2, -0.15) is 5.10 Å². The van der Waals surface area contributed by atoms with Gasteiger partial charge in [-0.05, 0) is 19.3 Å². The first-order chi connectivity index (χ1) is 8.96. The van der Waals surface area contributed by atoms with E-state index in [9.17, 15) is 8.42 Å². The van der Waals surface area contributed by atoms with Crippen LogP contribution in [0.15, 0.2) is 0 Å². The van der Waals surface area contributed by atoms with Crippen molar-refractivity contribution in [2.45, 2.75) is 32.6 Å². The largest absolute Gasteiger partial charge is 0.316 e. The number of sulfone groups is 1. The highest BCUT2D eigenvalue weighted by Crippen LogP contribution is 2.24. The minimum absolute atomic E-state index is 0.0107. The highest BCUT2D eigenvalue weighted by Gasteiger charge is 2.27. The topological polar surface area (TPSA) is 64.0 Å². The maximum absolute atomic E-state index is 12.2. The van der Waals surface area contributed by atoms with Gasteiger partial charge >= 0.3 is 0 Å². The normalized spacial score (nSPS) is 16.6. The minimum atomic E-state index is -3.13. The van der Waals surface area contributed by atoms with Crippen molar-refractivity contribution in [1.82, 2.24) is 15.1 Å². The van der Waals surface area contributed by atoms with Gasteiger partial charge in [-0.3, -0.25) is 4.68 Å². The lowest BCUT2D eigenvalue weighted by Gasteiger charge is -2.26. The molecule has 5 nitrogen and oxygen atoms in total. The molecule has 0 bridgehead atoms. The molecule has 19 heavy (non-hydrogen) atoms. The molecule has 0 aliphatic carbocycles. The molecule has 0 saturated carbocycles. The van der Waals surface area contributed by atoms with Crippen molar-refractivity contribution in [3.8, 4) is 0 Å². The number of aryl methyl sites for hydroxylation is 2. The molecule has 2 rings (SSSR count). The Kier molecular flexibility index (Phi) is 4.53. The Bertz CT molecular complexity index is 550. The number of aromatic nitrogens is 2. The predicted molar refractivity (Wildman–Crippen MR) is 76.1 cm³/mol. The van der Waals surface area contributed by atoms with E-state index in [-0.39, 0.29) is 17.4 Å². The zero-order valence-corrected chi connectivity index (χ0v) is 12.9. The highest BCUT2D eigenvalue weighted by molar-refractivity contribution is 7.90. The number of nitrogens with zero attached hydrogens (tertiary/aromatic N) is 2. The Hall–Kier alpha value is -0.590. The van der Waals surface area contributed by atoms with E-state index in [1.54, 1.807) is 4.68 Å². The van der Waals surface area contributed by atoms with Crippen molar-refractivity contribution in [1.29, 1.82) is 0 Å². The second-order valence-corrected chi connectivity index (χ2v) is 7.44. The van der Waals surface area contributed by atoms with Crippen LogP contribution in [-0.4, -0.2) is 37.0 Å². The second kappa shape index (κ2) is 5.81. The van der Waals surface area contributed by atoms with Crippen LogP contribution in [0.4, 0.5) is 0 Å². The summed E-state index contributed by atoms with van der Waals surface area (Å²) >= 11 is 6.24. The van der Waals surface area contributed by atoms with Gasteiger partial charge in [-0.15, -0.1) is 0 Å². The molecule has 1 aromatic rings. The van der Waals surface area contributed by atoms with Crippen LogP contribution in [-0.2, 0) is 28.6 Å². The Morgan fingerprint density at radius 3 is 2.58 bits per heavy atom. The Morgan fingerprint density at radius 1 is 1.42 bits per heavy atom. The van der Waals surface area contributed by atoms with Crippen LogP contribution in [0, 0.1) is 5.92 Å². The average Bonchev–Trinajstić information content (AvgIpc) is 2.61. The van der Waals surface area contributed by atoms with Gasteiger partial charge in [0.25, 0.3) is 0 Å². The molecule has 0 spiro atoms. The monoisotopic (exact) mass is 305 g/mol. The molecule has 1 saturated heterocycles. The van der Waals surface area contributed by atoms with Crippen LogP contribution < -0.4 is 5.32 Å². The van der Waals surface area contributed by atoms with Crippen LogP contribution in [0.5, 0.6) is 0 Å². The summed E-state index contributed by atoms with van der Waals surface area (Å²) in [6.07, 6.45) is 0.714. The molecule has 0 aromatic carbocycles. The van der Waals surface area contributed by atoms with Crippen molar-refractivity contribution < 1.29 is 8.42 Å². The molecule has 1 fully saturated rings. The lowest BCUT2D eigenvalue weighted by Crippen LogP contribution is -2.45. The Balaban J connectivity index is 2.19.